The van der Waals surface area contributed by atoms with Crippen LogP contribution in [0.1, 0.15) is 27.2 Å². The summed E-state index contributed by atoms with van der Waals surface area (Å²) < 4.78 is 13.4. The third kappa shape index (κ3) is 1.62. The lowest BCUT2D eigenvalue weighted by molar-refractivity contribution is -0.134. The first-order chi connectivity index (χ1) is 7.13. The largest absolute Gasteiger partial charge is 0.465 e. The van der Waals surface area contributed by atoms with Crippen molar-refractivity contribution in [1.82, 2.24) is 4.90 Å². The number of carboxylic acid groups (broad SMARTS) is 1. The third-order valence-electron chi connectivity index (χ3n) is 3.24. The minimum Gasteiger partial charge on any atom is -0.465 e. The number of primary amides is 1. The van der Waals surface area contributed by atoms with Crippen LogP contribution in [0.2, 0.25) is 0 Å². The summed E-state index contributed by atoms with van der Waals surface area (Å²) >= 11 is 0. The standard InChI is InChI=1S/C10H17FN2O3/c1-9(2,3)10(7(12)14)4-6(11)5-13(10)8(15)16/h6H,4-5H2,1-3H3,(H2,12,14)(H,15,16)/t6-,10+/m0/s1. The van der Waals surface area contributed by atoms with Gasteiger partial charge in [-0.15, -0.1) is 0 Å². The molecule has 0 aromatic rings. The molecule has 1 fully saturated rings. The van der Waals surface area contributed by atoms with Crippen LogP contribution in [0, 0.1) is 5.41 Å². The maximum atomic E-state index is 13.4. The van der Waals surface area contributed by atoms with Crippen molar-refractivity contribution in [2.45, 2.75) is 38.9 Å². The van der Waals surface area contributed by atoms with E-state index in [2.05, 4.69) is 0 Å². The molecular formula is C10H17FN2O3. The first-order valence-electron chi connectivity index (χ1n) is 5.07. The van der Waals surface area contributed by atoms with E-state index in [-0.39, 0.29) is 13.0 Å². The molecular weight excluding hydrogens is 215 g/mol. The van der Waals surface area contributed by atoms with Gasteiger partial charge in [-0.3, -0.25) is 9.69 Å². The Morgan fingerprint density at radius 1 is 1.50 bits per heavy atom. The van der Waals surface area contributed by atoms with Gasteiger partial charge in [0.05, 0.1) is 6.54 Å². The molecule has 1 aliphatic rings. The normalized spacial score (nSPS) is 30.5. The SMILES string of the molecule is CC(C)(C)[C@]1(C(N)=O)C[C@H](F)CN1C(=O)O. The number of rotatable bonds is 1. The fourth-order valence-electron chi connectivity index (χ4n) is 2.40. The fraction of sp³-hybridized carbons (Fsp3) is 0.800. The molecule has 0 unspecified atom stereocenters. The number of carbonyl (C=O) groups is 2. The lowest BCUT2D eigenvalue weighted by Crippen LogP contribution is -2.62. The topological polar surface area (TPSA) is 83.6 Å². The van der Waals surface area contributed by atoms with Crippen molar-refractivity contribution < 1.29 is 19.1 Å². The predicted octanol–water partition coefficient (Wildman–Crippen LogP) is 0.978. The average Bonchev–Trinajstić information content (AvgIpc) is 2.42. The van der Waals surface area contributed by atoms with Crippen molar-refractivity contribution in [1.29, 1.82) is 0 Å². The molecule has 0 aromatic heterocycles. The van der Waals surface area contributed by atoms with Crippen LogP contribution in [0.3, 0.4) is 0 Å². The average molecular weight is 232 g/mol. The Balaban J connectivity index is 3.29. The maximum absolute atomic E-state index is 13.4. The second-order valence-electron chi connectivity index (χ2n) is 5.17. The molecule has 1 rings (SSSR count). The van der Waals surface area contributed by atoms with E-state index in [1.807, 2.05) is 0 Å². The van der Waals surface area contributed by atoms with Crippen LogP contribution in [-0.2, 0) is 4.79 Å². The third-order valence-corrected chi connectivity index (χ3v) is 3.24. The molecule has 2 atom stereocenters. The number of hydrogen-bond acceptors (Lipinski definition) is 2. The second-order valence-corrected chi connectivity index (χ2v) is 5.17. The molecule has 1 saturated heterocycles. The van der Waals surface area contributed by atoms with Crippen LogP contribution in [0.25, 0.3) is 0 Å². The van der Waals surface area contributed by atoms with E-state index >= 15 is 0 Å². The molecule has 6 heteroatoms. The van der Waals surface area contributed by atoms with E-state index in [9.17, 15) is 14.0 Å². The highest BCUT2D eigenvalue weighted by Gasteiger charge is 2.59. The smallest absolute Gasteiger partial charge is 0.408 e. The fourth-order valence-corrected chi connectivity index (χ4v) is 2.40. The zero-order chi connectivity index (χ0) is 12.7. The molecule has 0 bridgehead atoms. The van der Waals surface area contributed by atoms with Crippen molar-refractivity contribution in [3.8, 4) is 0 Å². The molecule has 1 aliphatic heterocycles. The van der Waals surface area contributed by atoms with Gasteiger partial charge in [-0.1, -0.05) is 20.8 Å². The number of carbonyl (C=O) groups excluding carboxylic acids is 1. The van der Waals surface area contributed by atoms with Gasteiger partial charge in [0.25, 0.3) is 0 Å². The number of nitrogens with two attached hydrogens (primary N) is 1. The van der Waals surface area contributed by atoms with Crippen LogP contribution in [-0.4, -0.2) is 40.3 Å². The molecule has 0 aromatic carbocycles. The Hall–Kier alpha value is -1.33. The minimum atomic E-state index is -1.46. The van der Waals surface area contributed by atoms with E-state index in [1.54, 1.807) is 20.8 Å². The van der Waals surface area contributed by atoms with Crippen molar-refractivity contribution >= 4 is 12.0 Å². The first-order valence-corrected chi connectivity index (χ1v) is 5.07. The summed E-state index contributed by atoms with van der Waals surface area (Å²) in [6, 6.07) is 0. The predicted molar refractivity (Wildman–Crippen MR) is 55.6 cm³/mol. The van der Waals surface area contributed by atoms with Crippen LogP contribution in [0.5, 0.6) is 0 Å². The van der Waals surface area contributed by atoms with Gasteiger partial charge in [0.1, 0.15) is 11.7 Å². The number of hydrogen-bond donors (Lipinski definition) is 2. The molecule has 2 amide bonds. The van der Waals surface area contributed by atoms with E-state index in [4.69, 9.17) is 10.8 Å². The van der Waals surface area contributed by atoms with Crippen molar-refractivity contribution in [3.05, 3.63) is 0 Å². The summed E-state index contributed by atoms with van der Waals surface area (Å²) in [7, 11) is 0. The lowest BCUT2D eigenvalue weighted by atomic mass is 9.71. The lowest BCUT2D eigenvalue weighted by Gasteiger charge is -2.43. The first kappa shape index (κ1) is 12.7. The van der Waals surface area contributed by atoms with Crippen molar-refractivity contribution in [2.75, 3.05) is 6.54 Å². The molecule has 5 nitrogen and oxygen atoms in total. The summed E-state index contributed by atoms with van der Waals surface area (Å²) in [4.78, 5) is 23.5. The number of alkyl halides is 1. The molecule has 1 heterocycles. The van der Waals surface area contributed by atoms with E-state index in [0.717, 1.165) is 4.90 Å². The summed E-state index contributed by atoms with van der Waals surface area (Å²) in [5.74, 6) is -0.789. The van der Waals surface area contributed by atoms with Gasteiger partial charge in [0, 0.05) is 6.42 Å². The van der Waals surface area contributed by atoms with Gasteiger partial charge in [-0.25, -0.2) is 9.18 Å². The summed E-state index contributed by atoms with van der Waals surface area (Å²) in [5.41, 5.74) is 3.10. The molecule has 3 N–H and O–H groups in total. The van der Waals surface area contributed by atoms with Gasteiger partial charge < -0.3 is 10.8 Å². The van der Waals surface area contributed by atoms with Crippen LogP contribution >= 0.6 is 0 Å². The highest BCUT2D eigenvalue weighted by atomic mass is 19.1. The van der Waals surface area contributed by atoms with Gasteiger partial charge in [-0.2, -0.15) is 0 Å². The Kier molecular flexibility index (Phi) is 2.87. The Labute approximate surface area is 93.4 Å². The Morgan fingerprint density at radius 2 is 2.00 bits per heavy atom. The quantitative estimate of drug-likeness (QED) is 0.706. The van der Waals surface area contributed by atoms with Crippen molar-refractivity contribution in [2.24, 2.45) is 11.1 Å². The number of amides is 2. The van der Waals surface area contributed by atoms with Crippen LogP contribution < -0.4 is 5.73 Å². The monoisotopic (exact) mass is 232 g/mol. The molecule has 0 saturated carbocycles. The summed E-state index contributed by atoms with van der Waals surface area (Å²) in [6.07, 6.45) is -2.82. The van der Waals surface area contributed by atoms with E-state index in [0.29, 0.717) is 0 Å². The number of nitrogens with zero attached hydrogens (tertiary/aromatic N) is 1. The zero-order valence-corrected chi connectivity index (χ0v) is 9.66. The summed E-state index contributed by atoms with van der Waals surface area (Å²) in [6.45, 7) is 4.76. The second kappa shape index (κ2) is 3.61. The van der Waals surface area contributed by atoms with Crippen LogP contribution in [0.4, 0.5) is 9.18 Å². The number of likely N-dealkylation sites (tertiary alicyclic amines) is 1. The molecule has 0 spiro atoms. The maximum Gasteiger partial charge on any atom is 0.408 e. The molecule has 0 radical (unpaired) electrons. The molecule has 92 valence electrons. The Morgan fingerprint density at radius 3 is 2.25 bits per heavy atom. The molecule has 16 heavy (non-hydrogen) atoms. The zero-order valence-electron chi connectivity index (χ0n) is 9.66. The molecule has 0 aliphatic carbocycles. The highest BCUT2D eigenvalue weighted by molar-refractivity contribution is 5.90. The Bertz CT molecular complexity index is 327. The van der Waals surface area contributed by atoms with Gasteiger partial charge in [0.2, 0.25) is 5.91 Å². The van der Waals surface area contributed by atoms with Crippen molar-refractivity contribution in [3.63, 3.8) is 0 Å². The van der Waals surface area contributed by atoms with Gasteiger partial charge in [0.15, 0.2) is 0 Å². The summed E-state index contributed by atoms with van der Waals surface area (Å²) in [5, 5.41) is 9.03. The van der Waals surface area contributed by atoms with E-state index < -0.39 is 29.1 Å². The van der Waals surface area contributed by atoms with E-state index in [1.165, 1.54) is 0 Å². The van der Waals surface area contributed by atoms with Gasteiger partial charge in [-0.05, 0) is 5.41 Å². The minimum absolute atomic E-state index is 0.169. The van der Waals surface area contributed by atoms with Crippen LogP contribution in [0.15, 0.2) is 0 Å². The highest BCUT2D eigenvalue weighted by Crippen LogP contribution is 2.44. The number of halogens is 1. The van der Waals surface area contributed by atoms with Gasteiger partial charge >= 0.3 is 6.09 Å².